The normalized spacial score (nSPS) is 13.5. The number of phenolic OH excluding ortho intramolecular Hbond substituents is 1. The van der Waals surface area contributed by atoms with Gasteiger partial charge in [-0.1, -0.05) is 0 Å². The highest BCUT2D eigenvalue weighted by molar-refractivity contribution is 5.41. The van der Waals surface area contributed by atoms with E-state index in [4.69, 9.17) is 16.2 Å². The van der Waals surface area contributed by atoms with Gasteiger partial charge < -0.3 is 21.3 Å². The average Bonchev–Trinajstić information content (AvgIpc) is 2.19. The van der Waals surface area contributed by atoms with Crippen LogP contribution in [-0.2, 0) is 0 Å². The Morgan fingerprint density at radius 2 is 2.00 bits per heavy atom. The summed E-state index contributed by atoms with van der Waals surface area (Å²) < 4.78 is 5.73. The SMILES string of the molecule is CC(C)(C)Oc1ccc(O)c([C@H](N)CCN)c1. The summed E-state index contributed by atoms with van der Waals surface area (Å²) in [6, 6.07) is 4.86. The van der Waals surface area contributed by atoms with Gasteiger partial charge in [-0.05, 0) is 51.9 Å². The lowest BCUT2D eigenvalue weighted by atomic mass is 10.0. The van der Waals surface area contributed by atoms with Gasteiger partial charge in [-0.2, -0.15) is 0 Å². The molecule has 96 valence electrons. The minimum Gasteiger partial charge on any atom is -0.508 e. The summed E-state index contributed by atoms with van der Waals surface area (Å²) in [5, 5.41) is 9.75. The van der Waals surface area contributed by atoms with E-state index in [0.717, 1.165) is 0 Å². The standard InChI is InChI=1S/C13H22N2O2/c1-13(2,3)17-9-4-5-12(16)10(8-9)11(15)6-7-14/h4-5,8,11,16H,6-7,14-15H2,1-3H3/t11-/m1/s1. The topological polar surface area (TPSA) is 81.5 Å². The summed E-state index contributed by atoms with van der Waals surface area (Å²) in [7, 11) is 0. The van der Waals surface area contributed by atoms with Crippen molar-refractivity contribution in [1.29, 1.82) is 0 Å². The van der Waals surface area contributed by atoms with Crippen molar-refractivity contribution < 1.29 is 9.84 Å². The molecule has 0 unspecified atom stereocenters. The minimum absolute atomic E-state index is 0.187. The maximum absolute atomic E-state index is 9.75. The van der Waals surface area contributed by atoms with Gasteiger partial charge >= 0.3 is 0 Å². The predicted octanol–water partition coefficient (Wildman–Crippen LogP) is 1.92. The van der Waals surface area contributed by atoms with Crippen molar-refractivity contribution in [2.45, 2.75) is 38.8 Å². The number of nitrogens with two attached hydrogens (primary N) is 2. The molecule has 0 heterocycles. The fourth-order valence-corrected chi connectivity index (χ4v) is 1.58. The Balaban J connectivity index is 2.94. The zero-order valence-corrected chi connectivity index (χ0v) is 10.7. The highest BCUT2D eigenvalue weighted by Gasteiger charge is 2.15. The Morgan fingerprint density at radius 3 is 2.53 bits per heavy atom. The third-order valence-corrected chi connectivity index (χ3v) is 2.30. The molecule has 1 aromatic rings. The first-order valence-corrected chi connectivity index (χ1v) is 5.81. The van der Waals surface area contributed by atoms with Gasteiger partial charge in [0.15, 0.2) is 0 Å². The number of rotatable bonds is 4. The van der Waals surface area contributed by atoms with Crippen molar-refractivity contribution in [2.24, 2.45) is 11.5 Å². The molecule has 17 heavy (non-hydrogen) atoms. The van der Waals surface area contributed by atoms with Gasteiger partial charge in [-0.3, -0.25) is 0 Å². The Hall–Kier alpha value is -1.26. The van der Waals surface area contributed by atoms with E-state index in [1.54, 1.807) is 18.2 Å². The van der Waals surface area contributed by atoms with Crippen molar-refractivity contribution in [3.05, 3.63) is 23.8 Å². The van der Waals surface area contributed by atoms with Gasteiger partial charge in [0.2, 0.25) is 0 Å². The molecule has 0 saturated carbocycles. The lowest BCUT2D eigenvalue weighted by molar-refractivity contribution is 0.130. The molecule has 1 atom stereocenters. The van der Waals surface area contributed by atoms with Crippen LogP contribution in [0.5, 0.6) is 11.5 Å². The highest BCUT2D eigenvalue weighted by atomic mass is 16.5. The third-order valence-electron chi connectivity index (χ3n) is 2.30. The average molecular weight is 238 g/mol. The zero-order valence-electron chi connectivity index (χ0n) is 10.7. The molecule has 0 saturated heterocycles. The summed E-state index contributed by atoms with van der Waals surface area (Å²) in [6.07, 6.45) is 0.631. The second-order valence-corrected chi connectivity index (χ2v) is 5.12. The van der Waals surface area contributed by atoms with Crippen LogP contribution >= 0.6 is 0 Å². The van der Waals surface area contributed by atoms with E-state index in [0.29, 0.717) is 24.3 Å². The van der Waals surface area contributed by atoms with Crippen LogP contribution in [0.4, 0.5) is 0 Å². The zero-order chi connectivity index (χ0) is 13.1. The molecule has 0 bridgehead atoms. The Bertz CT molecular complexity index is 372. The molecule has 0 spiro atoms. The fraction of sp³-hybridized carbons (Fsp3) is 0.538. The van der Waals surface area contributed by atoms with E-state index in [-0.39, 0.29) is 17.4 Å². The van der Waals surface area contributed by atoms with E-state index in [1.165, 1.54) is 0 Å². The van der Waals surface area contributed by atoms with Crippen molar-refractivity contribution in [3.63, 3.8) is 0 Å². The highest BCUT2D eigenvalue weighted by Crippen LogP contribution is 2.30. The molecule has 0 fully saturated rings. The minimum atomic E-state index is -0.272. The van der Waals surface area contributed by atoms with Crippen LogP contribution in [0.2, 0.25) is 0 Å². The second kappa shape index (κ2) is 5.38. The molecule has 4 nitrogen and oxygen atoms in total. The Labute approximate surface area is 103 Å². The first kappa shape index (κ1) is 13.8. The predicted molar refractivity (Wildman–Crippen MR) is 69.1 cm³/mol. The largest absolute Gasteiger partial charge is 0.508 e. The van der Waals surface area contributed by atoms with Crippen molar-refractivity contribution in [2.75, 3.05) is 6.54 Å². The van der Waals surface area contributed by atoms with E-state index in [2.05, 4.69) is 0 Å². The van der Waals surface area contributed by atoms with E-state index in [1.807, 2.05) is 20.8 Å². The fourth-order valence-electron chi connectivity index (χ4n) is 1.58. The first-order chi connectivity index (χ1) is 7.83. The quantitative estimate of drug-likeness (QED) is 0.748. The van der Waals surface area contributed by atoms with Gasteiger partial charge in [0, 0.05) is 11.6 Å². The molecule has 0 amide bonds. The monoisotopic (exact) mass is 238 g/mol. The third kappa shape index (κ3) is 4.24. The Morgan fingerprint density at radius 1 is 1.35 bits per heavy atom. The molecule has 4 heteroatoms. The molecule has 0 aliphatic carbocycles. The molecular weight excluding hydrogens is 216 g/mol. The van der Waals surface area contributed by atoms with Gasteiger partial charge in [0.25, 0.3) is 0 Å². The number of hydrogen-bond acceptors (Lipinski definition) is 4. The van der Waals surface area contributed by atoms with Crippen molar-refractivity contribution in [1.82, 2.24) is 0 Å². The summed E-state index contributed by atoms with van der Waals surface area (Å²) in [5.74, 6) is 0.894. The smallest absolute Gasteiger partial charge is 0.120 e. The van der Waals surface area contributed by atoms with Gasteiger partial charge in [0.05, 0.1) is 0 Å². The van der Waals surface area contributed by atoms with Crippen LogP contribution in [-0.4, -0.2) is 17.3 Å². The van der Waals surface area contributed by atoms with Crippen LogP contribution in [0.15, 0.2) is 18.2 Å². The van der Waals surface area contributed by atoms with Crippen LogP contribution in [0.25, 0.3) is 0 Å². The lowest BCUT2D eigenvalue weighted by Crippen LogP contribution is -2.23. The van der Waals surface area contributed by atoms with Crippen LogP contribution < -0.4 is 16.2 Å². The summed E-state index contributed by atoms with van der Waals surface area (Å²) >= 11 is 0. The molecule has 0 radical (unpaired) electrons. The van der Waals surface area contributed by atoms with Crippen molar-refractivity contribution in [3.8, 4) is 11.5 Å². The molecule has 1 aromatic carbocycles. The first-order valence-electron chi connectivity index (χ1n) is 5.81. The Kier molecular flexibility index (Phi) is 4.37. The van der Waals surface area contributed by atoms with Gasteiger partial charge in [-0.25, -0.2) is 0 Å². The molecule has 1 rings (SSSR count). The van der Waals surface area contributed by atoms with Gasteiger partial charge in [-0.15, -0.1) is 0 Å². The van der Waals surface area contributed by atoms with Gasteiger partial charge in [0.1, 0.15) is 17.1 Å². The summed E-state index contributed by atoms with van der Waals surface area (Å²) in [6.45, 7) is 6.41. The summed E-state index contributed by atoms with van der Waals surface area (Å²) in [5.41, 5.74) is 11.8. The second-order valence-electron chi connectivity index (χ2n) is 5.12. The number of benzene rings is 1. The maximum atomic E-state index is 9.75. The lowest BCUT2D eigenvalue weighted by Gasteiger charge is -2.22. The molecule has 5 N–H and O–H groups in total. The summed E-state index contributed by atoms with van der Waals surface area (Å²) in [4.78, 5) is 0. The maximum Gasteiger partial charge on any atom is 0.120 e. The number of ether oxygens (including phenoxy) is 1. The number of aromatic hydroxyl groups is 1. The molecule has 0 aliphatic rings. The van der Waals surface area contributed by atoms with Crippen molar-refractivity contribution >= 4 is 0 Å². The molecule has 0 aliphatic heterocycles. The van der Waals surface area contributed by atoms with Crippen LogP contribution in [0.3, 0.4) is 0 Å². The van der Waals surface area contributed by atoms with Crippen LogP contribution in [0.1, 0.15) is 38.8 Å². The van der Waals surface area contributed by atoms with E-state index in [9.17, 15) is 5.11 Å². The number of hydrogen-bond donors (Lipinski definition) is 3. The van der Waals surface area contributed by atoms with E-state index < -0.39 is 0 Å². The molecule has 0 aromatic heterocycles. The molecular formula is C13H22N2O2. The number of phenols is 1. The van der Waals surface area contributed by atoms with E-state index >= 15 is 0 Å². The van der Waals surface area contributed by atoms with Crippen LogP contribution in [0, 0.1) is 0 Å².